The lowest BCUT2D eigenvalue weighted by Gasteiger charge is -2.10. The lowest BCUT2D eigenvalue weighted by molar-refractivity contribution is -0.113. The molecule has 164 valence electrons. The lowest BCUT2D eigenvalue weighted by atomic mass is 10.1. The van der Waals surface area contributed by atoms with Crippen LogP contribution in [0.4, 0.5) is 5.69 Å². The van der Waals surface area contributed by atoms with E-state index in [1.807, 2.05) is 49.4 Å². The summed E-state index contributed by atoms with van der Waals surface area (Å²) in [6.07, 6.45) is 0. The fraction of sp³-hybridized carbons (Fsp3) is 0.174. The maximum Gasteiger partial charge on any atom is 0.234 e. The van der Waals surface area contributed by atoms with Crippen molar-refractivity contribution in [3.05, 3.63) is 78.6 Å². The molecule has 0 saturated heterocycles. The Morgan fingerprint density at radius 3 is 2.47 bits per heavy atom. The van der Waals surface area contributed by atoms with Gasteiger partial charge in [0.15, 0.2) is 15.0 Å². The predicted molar refractivity (Wildman–Crippen MR) is 126 cm³/mol. The summed E-state index contributed by atoms with van der Waals surface area (Å²) < 4.78 is 27.1. The highest BCUT2D eigenvalue weighted by Gasteiger charge is 2.21. The fourth-order valence-electron chi connectivity index (χ4n) is 3.38. The van der Waals surface area contributed by atoms with Gasteiger partial charge in [-0.05, 0) is 30.5 Å². The van der Waals surface area contributed by atoms with Crippen molar-refractivity contribution < 1.29 is 13.2 Å². The lowest BCUT2D eigenvalue weighted by Crippen LogP contribution is -2.15. The molecule has 4 rings (SSSR count). The molecule has 1 N–H and O–H groups in total. The number of rotatable bonds is 8. The smallest absolute Gasteiger partial charge is 0.234 e. The van der Waals surface area contributed by atoms with Crippen LogP contribution in [-0.4, -0.2) is 34.8 Å². The number of carbonyl (C=O) groups is 1. The molecule has 0 unspecified atom stereocenters. The molecule has 1 amide bonds. The van der Waals surface area contributed by atoms with Crippen LogP contribution in [0.25, 0.3) is 10.8 Å². The highest BCUT2D eigenvalue weighted by molar-refractivity contribution is 7.99. The summed E-state index contributed by atoms with van der Waals surface area (Å²) in [5, 5.41) is 13.7. The first kappa shape index (κ1) is 22.0. The number of fused-ring (bicyclic) bond motifs is 1. The zero-order valence-electron chi connectivity index (χ0n) is 17.4. The van der Waals surface area contributed by atoms with Gasteiger partial charge in [-0.1, -0.05) is 66.4 Å². The molecule has 0 aliphatic heterocycles. The highest BCUT2D eigenvalue weighted by atomic mass is 32.2. The molecule has 1 aromatic heterocycles. The minimum absolute atomic E-state index is 0.132. The van der Waals surface area contributed by atoms with Crippen LogP contribution in [0.5, 0.6) is 0 Å². The Morgan fingerprint density at radius 2 is 1.69 bits per heavy atom. The van der Waals surface area contributed by atoms with Crippen molar-refractivity contribution in [3.8, 4) is 0 Å². The predicted octanol–water partition coefficient (Wildman–Crippen LogP) is 4.16. The number of thioether (sulfide) groups is 1. The van der Waals surface area contributed by atoms with Gasteiger partial charge < -0.3 is 9.88 Å². The Labute approximate surface area is 190 Å². The number of amides is 1. The monoisotopic (exact) mass is 466 g/mol. The van der Waals surface area contributed by atoms with Gasteiger partial charge in [-0.2, -0.15) is 0 Å². The molecule has 0 spiro atoms. The van der Waals surface area contributed by atoms with Gasteiger partial charge in [0, 0.05) is 17.6 Å². The molecule has 9 heteroatoms. The Morgan fingerprint density at radius 1 is 0.969 bits per heavy atom. The van der Waals surface area contributed by atoms with Crippen LogP contribution in [0.3, 0.4) is 0 Å². The maximum atomic E-state index is 12.7. The van der Waals surface area contributed by atoms with Gasteiger partial charge in [0.2, 0.25) is 5.91 Å². The number of nitrogens with one attached hydrogen (secondary N) is 1. The molecule has 0 aliphatic carbocycles. The third-order valence-corrected chi connectivity index (χ3v) is 7.52. The second-order valence-corrected chi connectivity index (χ2v) is 10.0. The Kier molecular flexibility index (Phi) is 6.57. The van der Waals surface area contributed by atoms with Gasteiger partial charge in [-0.25, -0.2) is 8.42 Å². The Balaban J connectivity index is 1.45. The summed E-state index contributed by atoms with van der Waals surface area (Å²) in [7, 11) is -3.54. The molecule has 0 aliphatic rings. The number of anilines is 1. The first-order chi connectivity index (χ1) is 15.5. The molecule has 0 fully saturated rings. The molecular weight excluding hydrogens is 444 g/mol. The first-order valence-corrected chi connectivity index (χ1v) is 12.7. The Bertz CT molecular complexity index is 1350. The molecule has 1 heterocycles. The van der Waals surface area contributed by atoms with E-state index in [2.05, 4.69) is 15.5 Å². The van der Waals surface area contributed by atoms with Crippen LogP contribution in [0, 0.1) is 0 Å². The van der Waals surface area contributed by atoms with Crippen molar-refractivity contribution in [1.29, 1.82) is 0 Å². The molecule has 0 radical (unpaired) electrons. The number of benzene rings is 3. The number of aromatic nitrogens is 3. The van der Waals surface area contributed by atoms with Crippen molar-refractivity contribution >= 4 is 44.0 Å². The van der Waals surface area contributed by atoms with Gasteiger partial charge >= 0.3 is 0 Å². The summed E-state index contributed by atoms with van der Waals surface area (Å²) in [4.78, 5) is 12.8. The Hall–Kier alpha value is -3.17. The van der Waals surface area contributed by atoms with E-state index < -0.39 is 9.84 Å². The van der Waals surface area contributed by atoms with Crippen LogP contribution in [0.2, 0.25) is 0 Å². The molecule has 0 saturated carbocycles. The van der Waals surface area contributed by atoms with E-state index in [4.69, 9.17) is 0 Å². The topological polar surface area (TPSA) is 93.9 Å². The molecular formula is C23H22N4O3S2. The zero-order valence-corrected chi connectivity index (χ0v) is 19.1. The fourth-order valence-corrected chi connectivity index (χ4v) is 5.50. The quantitative estimate of drug-likeness (QED) is 0.392. The SMILES string of the molecule is CCn1c(CS(=O)(=O)c2ccccc2)nnc1SCC(=O)Nc1cccc2ccccc12. The van der Waals surface area contributed by atoms with E-state index in [1.165, 1.54) is 11.8 Å². The minimum Gasteiger partial charge on any atom is -0.325 e. The second-order valence-electron chi connectivity index (χ2n) is 7.08. The highest BCUT2D eigenvalue weighted by Crippen LogP contribution is 2.24. The van der Waals surface area contributed by atoms with Gasteiger partial charge in [0.25, 0.3) is 0 Å². The normalized spacial score (nSPS) is 11.5. The second kappa shape index (κ2) is 9.54. The average molecular weight is 467 g/mol. The van der Waals surface area contributed by atoms with Crippen molar-refractivity contribution in [2.24, 2.45) is 0 Å². The molecule has 0 bridgehead atoms. The largest absolute Gasteiger partial charge is 0.325 e. The van der Waals surface area contributed by atoms with E-state index in [1.54, 1.807) is 34.9 Å². The average Bonchev–Trinajstić information content (AvgIpc) is 3.19. The first-order valence-electron chi connectivity index (χ1n) is 10.1. The van der Waals surface area contributed by atoms with Crippen molar-refractivity contribution in [3.63, 3.8) is 0 Å². The van der Waals surface area contributed by atoms with Gasteiger partial charge in [0.05, 0.1) is 10.6 Å². The summed E-state index contributed by atoms with van der Waals surface area (Å²) >= 11 is 1.23. The van der Waals surface area contributed by atoms with Crippen LogP contribution in [0.1, 0.15) is 12.7 Å². The standard InChI is InChI=1S/C23H22N4O3S2/c1-2-27-21(16-32(29,30)18-11-4-3-5-12-18)25-26-23(27)31-15-22(28)24-20-14-8-10-17-9-6-7-13-19(17)20/h3-14H,2,15-16H2,1H3,(H,24,28). The summed E-state index contributed by atoms with van der Waals surface area (Å²) in [5.41, 5.74) is 0.750. The summed E-state index contributed by atoms with van der Waals surface area (Å²) in [6, 6.07) is 21.9. The van der Waals surface area contributed by atoms with Crippen LogP contribution in [0.15, 0.2) is 82.8 Å². The van der Waals surface area contributed by atoms with E-state index >= 15 is 0 Å². The van der Waals surface area contributed by atoms with Crippen LogP contribution in [-0.2, 0) is 26.9 Å². The van der Waals surface area contributed by atoms with E-state index in [0.717, 1.165) is 16.5 Å². The minimum atomic E-state index is -3.54. The van der Waals surface area contributed by atoms with E-state index in [0.29, 0.717) is 17.5 Å². The number of hydrogen-bond donors (Lipinski definition) is 1. The number of hydrogen-bond acceptors (Lipinski definition) is 6. The van der Waals surface area contributed by atoms with Gasteiger partial charge in [-0.15, -0.1) is 10.2 Å². The van der Waals surface area contributed by atoms with Crippen molar-refractivity contribution in [2.45, 2.75) is 29.3 Å². The van der Waals surface area contributed by atoms with E-state index in [9.17, 15) is 13.2 Å². The number of nitrogens with zero attached hydrogens (tertiary/aromatic N) is 3. The van der Waals surface area contributed by atoms with Crippen molar-refractivity contribution in [1.82, 2.24) is 14.8 Å². The maximum absolute atomic E-state index is 12.7. The van der Waals surface area contributed by atoms with Gasteiger partial charge in [-0.3, -0.25) is 4.79 Å². The molecule has 7 nitrogen and oxygen atoms in total. The van der Waals surface area contributed by atoms with Gasteiger partial charge in [0.1, 0.15) is 11.6 Å². The van der Waals surface area contributed by atoms with Crippen molar-refractivity contribution in [2.75, 3.05) is 11.1 Å². The number of carbonyl (C=O) groups excluding carboxylic acids is 1. The van der Waals surface area contributed by atoms with Crippen LogP contribution < -0.4 is 5.32 Å². The molecule has 3 aromatic carbocycles. The summed E-state index contributed by atoms with van der Waals surface area (Å²) in [6.45, 7) is 2.39. The molecule has 32 heavy (non-hydrogen) atoms. The molecule has 0 atom stereocenters. The molecule has 4 aromatic rings. The summed E-state index contributed by atoms with van der Waals surface area (Å²) in [5.74, 6) is 0.0664. The third kappa shape index (κ3) is 4.84. The van der Waals surface area contributed by atoms with Crippen LogP contribution >= 0.6 is 11.8 Å². The van der Waals surface area contributed by atoms with E-state index in [-0.39, 0.29) is 22.3 Å². The zero-order chi connectivity index (χ0) is 22.6. The number of sulfone groups is 1. The third-order valence-electron chi connectivity index (χ3n) is 4.93.